The summed E-state index contributed by atoms with van der Waals surface area (Å²) in [6.07, 6.45) is 3.40. The number of rotatable bonds is 6. The van der Waals surface area contributed by atoms with Gasteiger partial charge in [0.05, 0.1) is 4.88 Å². The second kappa shape index (κ2) is 7.01. The Hall–Kier alpha value is -0.350. The van der Waals surface area contributed by atoms with Crippen molar-refractivity contribution in [3.05, 3.63) is 22.4 Å². The van der Waals surface area contributed by atoms with E-state index in [-0.39, 0.29) is 5.91 Å². The highest BCUT2D eigenvalue weighted by atomic mass is 79.9. The van der Waals surface area contributed by atoms with Crippen molar-refractivity contribution in [1.82, 2.24) is 5.32 Å². The molecule has 1 rings (SSSR count). The maximum Gasteiger partial charge on any atom is 0.261 e. The number of thiophene rings is 1. The second-order valence-electron chi connectivity index (χ2n) is 2.98. The molecule has 0 aliphatic rings. The van der Waals surface area contributed by atoms with Crippen molar-refractivity contribution in [2.45, 2.75) is 19.3 Å². The average Bonchev–Trinajstić information content (AvgIpc) is 2.70. The monoisotopic (exact) mass is 275 g/mol. The van der Waals surface area contributed by atoms with Crippen LogP contribution in [0.4, 0.5) is 0 Å². The molecule has 0 fully saturated rings. The predicted molar refractivity (Wildman–Crippen MR) is 64.3 cm³/mol. The molecule has 1 N–H and O–H groups in total. The van der Waals surface area contributed by atoms with E-state index >= 15 is 0 Å². The maximum absolute atomic E-state index is 11.4. The summed E-state index contributed by atoms with van der Waals surface area (Å²) < 4.78 is 0. The summed E-state index contributed by atoms with van der Waals surface area (Å²) in [5.41, 5.74) is 0. The molecule has 0 radical (unpaired) electrons. The van der Waals surface area contributed by atoms with Gasteiger partial charge in [0.25, 0.3) is 5.91 Å². The lowest BCUT2D eigenvalue weighted by atomic mass is 10.2. The van der Waals surface area contributed by atoms with E-state index in [0.29, 0.717) is 0 Å². The highest BCUT2D eigenvalue weighted by Crippen LogP contribution is 2.07. The lowest BCUT2D eigenvalue weighted by Gasteiger charge is -2.02. The number of carbonyl (C=O) groups excluding carboxylic acids is 1. The van der Waals surface area contributed by atoms with Gasteiger partial charge in [0.2, 0.25) is 0 Å². The van der Waals surface area contributed by atoms with Gasteiger partial charge in [-0.1, -0.05) is 28.4 Å². The molecule has 1 amide bonds. The van der Waals surface area contributed by atoms with Crippen LogP contribution >= 0.6 is 27.3 Å². The van der Waals surface area contributed by atoms with Gasteiger partial charge >= 0.3 is 0 Å². The molecular weight excluding hydrogens is 262 g/mol. The minimum atomic E-state index is 0.0545. The summed E-state index contributed by atoms with van der Waals surface area (Å²) >= 11 is 4.86. The number of hydrogen-bond donors (Lipinski definition) is 1. The zero-order chi connectivity index (χ0) is 10.2. The van der Waals surface area contributed by atoms with E-state index in [0.717, 1.165) is 29.6 Å². The van der Waals surface area contributed by atoms with Crippen LogP contribution in [0.1, 0.15) is 28.9 Å². The Bertz CT molecular complexity index is 261. The number of alkyl halides is 1. The first kappa shape index (κ1) is 11.7. The van der Waals surface area contributed by atoms with Gasteiger partial charge in [0.15, 0.2) is 0 Å². The van der Waals surface area contributed by atoms with E-state index < -0.39 is 0 Å². The molecule has 0 atom stereocenters. The fraction of sp³-hybridized carbons (Fsp3) is 0.500. The quantitative estimate of drug-likeness (QED) is 0.628. The topological polar surface area (TPSA) is 29.1 Å². The standard InChI is InChI=1S/C10H14BrNOS/c11-6-2-1-3-7-12-10(13)9-5-4-8-14-9/h4-5,8H,1-3,6-7H2,(H,12,13). The van der Waals surface area contributed by atoms with E-state index in [1.54, 1.807) is 0 Å². The lowest BCUT2D eigenvalue weighted by molar-refractivity contribution is 0.0957. The average molecular weight is 276 g/mol. The summed E-state index contributed by atoms with van der Waals surface area (Å²) in [6, 6.07) is 3.74. The summed E-state index contributed by atoms with van der Waals surface area (Å²) in [7, 11) is 0. The van der Waals surface area contributed by atoms with E-state index in [1.165, 1.54) is 17.8 Å². The number of carbonyl (C=O) groups is 1. The summed E-state index contributed by atoms with van der Waals surface area (Å²) in [5.74, 6) is 0.0545. The molecule has 14 heavy (non-hydrogen) atoms. The molecule has 0 saturated carbocycles. The molecule has 0 unspecified atom stereocenters. The Labute approximate surface area is 96.8 Å². The van der Waals surface area contributed by atoms with Crippen molar-refractivity contribution in [2.24, 2.45) is 0 Å². The lowest BCUT2D eigenvalue weighted by Crippen LogP contribution is -2.23. The highest BCUT2D eigenvalue weighted by Gasteiger charge is 2.03. The Morgan fingerprint density at radius 3 is 2.93 bits per heavy atom. The van der Waals surface area contributed by atoms with Crippen LogP contribution in [0.2, 0.25) is 0 Å². The van der Waals surface area contributed by atoms with Gasteiger partial charge in [-0.15, -0.1) is 11.3 Å². The first-order chi connectivity index (χ1) is 6.84. The molecule has 0 saturated heterocycles. The molecule has 0 bridgehead atoms. The van der Waals surface area contributed by atoms with Gasteiger partial charge in [0, 0.05) is 11.9 Å². The minimum absolute atomic E-state index is 0.0545. The normalized spacial score (nSPS) is 10.1. The van der Waals surface area contributed by atoms with Crippen molar-refractivity contribution in [1.29, 1.82) is 0 Å². The Kier molecular flexibility index (Phi) is 5.87. The van der Waals surface area contributed by atoms with E-state index in [9.17, 15) is 4.79 Å². The van der Waals surface area contributed by atoms with Crippen LogP contribution in [0.5, 0.6) is 0 Å². The van der Waals surface area contributed by atoms with E-state index in [4.69, 9.17) is 0 Å². The molecular formula is C10H14BrNOS. The maximum atomic E-state index is 11.4. The zero-order valence-electron chi connectivity index (χ0n) is 7.96. The number of nitrogens with one attached hydrogen (secondary N) is 1. The molecule has 0 aliphatic heterocycles. The van der Waals surface area contributed by atoms with Crippen LogP contribution in [0.25, 0.3) is 0 Å². The molecule has 1 heterocycles. The van der Waals surface area contributed by atoms with Crippen LogP contribution in [-0.4, -0.2) is 17.8 Å². The zero-order valence-corrected chi connectivity index (χ0v) is 10.4. The second-order valence-corrected chi connectivity index (χ2v) is 4.72. The number of amides is 1. The van der Waals surface area contributed by atoms with E-state index in [1.807, 2.05) is 17.5 Å². The van der Waals surface area contributed by atoms with Crippen LogP contribution in [0, 0.1) is 0 Å². The van der Waals surface area contributed by atoms with Gasteiger partial charge in [-0.05, 0) is 24.3 Å². The molecule has 0 spiro atoms. The van der Waals surface area contributed by atoms with Crippen molar-refractivity contribution in [2.75, 3.05) is 11.9 Å². The van der Waals surface area contributed by atoms with Gasteiger partial charge in [-0.2, -0.15) is 0 Å². The third-order valence-electron chi connectivity index (χ3n) is 1.84. The minimum Gasteiger partial charge on any atom is -0.351 e. The van der Waals surface area contributed by atoms with Crippen LogP contribution in [-0.2, 0) is 0 Å². The Balaban J connectivity index is 2.10. The predicted octanol–water partition coefficient (Wildman–Crippen LogP) is 3.04. The number of unbranched alkanes of at least 4 members (excludes halogenated alkanes) is 2. The first-order valence-corrected chi connectivity index (χ1v) is 6.72. The number of halogens is 1. The highest BCUT2D eigenvalue weighted by molar-refractivity contribution is 9.09. The summed E-state index contributed by atoms with van der Waals surface area (Å²) in [4.78, 5) is 12.2. The molecule has 4 heteroatoms. The smallest absolute Gasteiger partial charge is 0.261 e. The van der Waals surface area contributed by atoms with Gasteiger partial charge in [-0.25, -0.2) is 0 Å². The van der Waals surface area contributed by atoms with Crippen LogP contribution < -0.4 is 5.32 Å². The van der Waals surface area contributed by atoms with Crippen LogP contribution in [0.15, 0.2) is 17.5 Å². The fourth-order valence-corrected chi connectivity index (χ4v) is 2.13. The van der Waals surface area contributed by atoms with Crippen LogP contribution in [0.3, 0.4) is 0 Å². The fourth-order valence-electron chi connectivity index (χ4n) is 1.09. The molecule has 1 aromatic heterocycles. The van der Waals surface area contributed by atoms with E-state index in [2.05, 4.69) is 21.2 Å². The third kappa shape index (κ3) is 4.24. The molecule has 2 nitrogen and oxygen atoms in total. The van der Waals surface area contributed by atoms with Gasteiger partial charge in [0.1, 0.15) is 0 Å². The van der Waals surface area contributed by atoms with Crippen molar-refractivity contribution >= 4 is 33.2 Å². The van der Waals surface area contributed by atoms with Gasteiger partial charge < -0.3 is 5.32 Å². The Morgan fingerprint density at radius 2 is 2.29 bits per heavy atom. The SMILES string of the molecule is O=C(NCCCCCBr)c1cccs1. The van der Waals surface area contributed by atoms with Gasteiger partial charge in [-0.3, -0.25) is 4.79 Å². The van der Waals surface area contributed by atoms with Crippen molar-refractivity contribution < 1.29 is 4.79 Å². The summed E-state index contributed by atoms with van der Waals surface area (Å²) in [6.45, 7) is 0.781. The van der Waals surface area contributed by atoms with Crippen molar-refractivity contribution in [3.63, 3.8) is 0 Å². The summed E-state index contributed by atoms with van der Waals surface area (Å²) in [5, 5.41) is 5.86. The largest absolute Gasteiger partial charge is 0.351 e. The molecule has 0 aromatic carbocycles. The molecule has 1 aromatic rings. The first-order valence-electron chi connectivity index (χ1n) is 4.72. The third-order valence-corrected chi connectivity index (χ3v) is 3.27. The van der Waals surface area contributed by atoms with Crippen molar-refractivity contribution in [3.8, 4) is 0 Å². The Morgan fingerprint density at radius 1 is 1.43 bits per heavy atom. The molecule has 0 aliphatic carbocycles. The number of hydrogen-bond acceptors (Lipinski definition) is 2. The molecule has 78 valence electrons.